The molecule has 0 aromatic heterocycles. The van der Waals surface area contributed by atoms with Crippen LogP contribution in [0.2, 0.25) is 0 Å². The Morgan fingerprint density at radius 3 is 1.06 bits per heavy atom. The minimum absolute atomic E-state index is 0.148. The SMILES string of the molecule is CCCCCCCCCCCN(C)CCC(=O)OCc1ccc(-c2ccc(COC(=O)CCN(C)CCCCCCCCCCC)cc2)cc1. The summed E-state index contributed by atoms with van der Waals surface area (Å²) in [5.41, 5.74) is 4.15. The number of hydrogen-bond donors (Lipinski definition) is 0. The van der Waals surface area contributed by atoms with Gasteiger partial charge in [-0.2, -0.15) is 0 Å². The first-order valence-electron chi connectivity index (χ1n) is 20.3. The van der Waals surface area contributed by atoms with Crippen molar-refractivity contribution in [2.45, 2.75) is 155 Å². The van der Waals surface area contributed by atoms with E-state index in [0.717, 1.165) is 48.4 Å². The van der Waals surface area contributed by atoms with Crippen molar-refractivity contribution in [3.63, 3.8) is 0 Å². The normalized spacial score (nSPS) is 11.4. The summed E-state index contributed by atoms with van der Waals surface area (Å²) in [6.45, 7) is 8.66. The molecule has 2 aromatic rings. The van der Waals surface area contributed by atoms with E-state index in [1.165, 1.54) is 116 Å². The maximum Gasteiger partial charge on any atom is 0.307 e. The van der Waals surface area contributed by atoms with Crippen molar-refractivity contribution in [1.82, 2.24) is 9.80 Å². The van der Waals surface area contributed by atoms with Gasteiger partial charge in [0.2, 0.25) is 0 Å². The van der Waals surface area contributed by atoms with Crippen LogP contribution in [-0.2, 0) is 32.3 Å². The Morgan fingerprint density at radius 2 is 0.740 bits per heavy atom. The average molecular weight is 693 g/mol. The predicted molar refractivity (Wildman–Crippen MR) is 210 cm³/mol. The van der Waals surface area contributed by atoms with E-state index in [0.29, 0.717) is 26.1 Å². The zero-order valence-corrected chi connectivity index (χ0v) is 32.5. The molecule has 0 amide bonds. The van der Waals surface area contributed by atoms with E-state index >= 15 is 0 Å². The fraction of sp³-hybridized carbons (Fsp3) is 0.682. The van der Waals surface area contributed by atoms with Gasteiger partial charge in [-0.15, -0.1) is 0 Å². The summed E-state index contributed by atoms with van der Waals surface area (Å²) in [4.78, 5) is 29.2. The van der Waals surface area contributed by atoms with Crippen LogP contribution in [0.3, 0.4) is 0 Å². The predicted octanol–water partition coefficient (Wildman–Crippen LogP) is 11.1. The van der Waals surface area contributed by atoms with Crippen molar-refractivity contribution >= 4 is 11.9 Å². The largest absolute Gasteiger partial charge is 0.461 e. The molecule has 6 nitrogen and oxygen atoms in total. The van der Waals surface area contributed by atoms with Gasteiger partial charge in [0.1, 0.15) is 13.2 Å². The molecule has 0 saturated carbocycles. The summed E-state index contributed by atoms with van der Waals surface area (Å²) >= 11 is 0. The molecule has 6 heteroatoms. The lowest BCUT2D eigenvalue weighted by Crippen LogP contribution is -2.23. The molecule has 50 heavy (non-hydrogen) atoms. The number of carbonyl (C=O) groups excluding carboxylic acids is 2. The minimum Gasteiger partial charge on any atom is -0.461 e. The fourth-order valence-corrected chi connectivity index (χ4v) is 6.23. The highest BCUT2D eigenvalue weighted by Gasteiger charge is 2.09. The third-order valence-electron chi connectivity index (χ3n) is 9.72. The maximum absolute atomic E-state index is 12.3. The van der Waals surface area contributed by atoms with Crippen LogP contribution < -0.4 is 0 Å². The molecule has 0 spiro atoms. The standard InChI is InChI=1S/C44H72N2O4/c1-5-7-9-11-13-15-17-19-21-33-45(3)35-31-43(47)49-37-39-23-27-41(28-24-39)42-29-25-40(26-30-42)38-50-44(48)32-36-46(4)34-22-20-18-16-14-12-10-8-6-2/h23-30H,5-22,31-38H2,1-4H3. The Morgan fingerprint density at radius 1 is 0.440 bits per heavy atom. The maximum atomic E-state index is 12.3. The van der Waals surface area contributed by atoms with Crippen molar-refractivity contribution < 1.29 is 19.1 Å². The van der Waals surface area contributed by atoms with E-state index in [4.69, 9.17) is 9.47 Å². The Kier molecular flexibility index (Phi) is 25.2. The van der Waals surface area contributed by atoms with Crippen LogP contribution in [0.4, 0.5) is 0 Å². The van der Waals surface area contributed by atoms with E-state index in [1.54, 1.807) is 0 Å². The van der Waals surface area contributed by atoms with Crippen LogP contribution in [0.15, 0.2) is 48.5 Å². The molecular weight excluding hydrogens is 620 g/mol. The lowest BCUT2D eigenvalue weighted by molar-refractivity contribution is -0.146. The van der Waals surface area contributed by atoms with Crippen molar-refractivity contribution in [1.29, 1.82) is 0 Å². The number of ether oxygens (including phenoxy) is 2. The highest BCUT2D eigenvalue weighted by atomic mass is 16.5. The van der Waals surface area contributed by atoms with Gasteiger partial charge in [0.05, 0.1) is 12.8 Å². The summed E-state index contributed by atoms with van der Waals surface area (Å²) in [5, 5.41) is 0. The first-order valence-corrected chi connectivity index (χ1v) is 20.3. The number of esters is 2. The number of rotatable bonds is 31. The molecule has 0 heterocycles. The number of hydrogen-bond acceptors (Lipinski definition) is 6. The van der Waals surface area contributed by atoms with Crippen LogP contribution in [0.1, 0.15) is 153 Å². The lowest BCUT2D eigenvalue weighted by atomic mass is 10.0. The molecule has 2 aromatic carbocycles. The molecule has 0 aliphatic heterocycles. The van der Waals surface area contributed by atoms with Gasteiger partial charge >= 0.3 is 11.9 Å². The van der Waals surface area contributed by atoms with Gasteiger partial charge in [-0.05, 0) is 62.3 Å². The summed E-state index contributed by atoms with van der Waals surface area (Å²) in [7, 11) is 4.19. The van der Waals surface area contributed by atoms with Crippen LogP contribution in [0.5, 0.6) is 0 Å². The second-order valence-electron chi connectivity index (χ2n) is 14.5. The van der Waals surface area contributed by atoms with Crippen molar-refractivity contribution in [2.24, 2.45) is 0 Å². The summed E-state index contributed by atoms with van der Waals surface area (Å²) < 4.78 is 11.1. The summed E-state index contributed by atoms with van der Waals surface area (Å²) in [6, 6.07) is 16.3. The van der Waals surface area contributed by atoms with Gasteiger partial charge < -0.3 is 19.3 Å². The smallest absolute Gasteiger partial charge is 0.307 e. The lowest BCUT2D eigenvalue weighted by Gasteiger charge is -2.16. The first-order chi connectivity index (χ1) is 24.4. The Hall–Kier alpha value is -2.70. The van der Waals surface area contributed by atoms with E-state index < -0.39 is 0 Å². The van der Waals surface area contributed by atoms with E-state index in [9.17, 15) is 9.59 Å². The number of nitrogens with zero attached hydrogens (tertiary/aromatic N) is 2. The molecular formula is C44H72N2O4. The molecule has 0 atom stereocenters. The quantitative estimate of drug-likeness (QED) is 0.0579. The molecule has 0 aliphatic rings. The van der Waals surface area contributed by atoms with E-state index in [-0.39, 0.29) is 11.9 Å². The van der Waals surface area contributed by atoms with Gasteiger partial charge in [0, 0.05) is 13.1 Å². The molecule has 0 radical (unpaired) electrons. The van der Waals surface area contributed by atoms with Crippen LogP contribution in [0, 0.1) is 0 Å². The number of benzene rings is 2. The second kappa shape index (κ2) is 28.9. The number of unbranched alkanes of at least 4 members (excludes halogenated alkanes) is 16. The highest BCUT2D eigenvalue weighted by Crippen LogP contribution is 2.21. The Balaban J connectivity index is 1.54. The summed E-state index contributed by atoms with van der Waals surface area (Å²) in [6.07, 6.45) is 24.8. The fourth-order valence-electron chi connectivity index (χ4n) is 6.23. The van der Waals surface area contributed by atoms with Crippen LogP contribution in [-0.4, -0.2) is 62.0 Å². The topological polar surface area (TPSA) is 59.1 Å². The zero-order chi connectivity index (χ0) is 36.1. The van der Waals surface area contributed by atoms with Crippen LogP contribution >= 0.6 is 0 Å². The second-order valence-corrected chi connectivity index (χ2v) is 14.5. The Labute approximate surface area is 306 Å². The molecule has 282 valence electrons. The molecule has 0 unspecified atom stereocenters. The molecule has 0 N–H and O–H groups in total. The van der Waals surface area contributed by atoms with Gasteiger partial charge in [0.25, 0.3) is 0 Å². The number of carbonyl (C=O) groups is 2. The van der Waals surface area contributed by atoms with E-state index in [2.05, 4.69) is 62.0 Å². The summed E-state index contributed by atoms with van der Waals surface area (Å²) in [5.74, 6) is -0.296. The third kappa shape index (κ3) is 22.2. The molecule has 0 bridgehead atoms. The van der Waals surface area contributed by atoms with Crippen LogP contribution in [0.25, 0.3) is 11.1 Å². The van der Waals surface area contributed by atoms with Gasteiger partial charge in [-0.25, -0.2) is 0 Å². The average Bonchev–Trinajstić information content (AvgIpc) is 3.13. The van der Waals surface area contributed by atoms with E-state index in [1.807, 2.05) is 24.3 Å². The Bertz CT molecular complexity index is 1030. The third-order valence-corrected chi connectivity index (χ3v) is 9.72. The van der Waals surface area contributed by atoms with Gasteiger partial charge in [-0.1, -0.05) is 165 Å². The van der Waals surface area contributed by atoms with Crippen molar-refractivity contribution in [2.75, 3.05) is 40.3 Å². The van der Waals surface area contributed by atoms with Gasteiger partial charge in [0.15, 0.2) is 0 Å². The van der Waals surface area contributed by atoms with Crippen molar-refractivity contribution in [3.8, 4) is 11.1 Å². The zero-order valence-electron chi connectivity index (χ0n) is 32.5. The molecule has 2 rings (SSSR count). The monoisotopic (exact) mass is 693 g/mol. The highest BCUT2D eigenvalue weighted by molar-refractivity contribution is 5.70. The van der Waals surface area contributed by atoms with Gasteiger partial charge in [-0.3, -0.25) is 9.59 Å². The minimum atomic E-state index is -0.148. The molecule has 0 fully saturated rings. The molecule has 0 saturated heterocycles. The van der Waals surface area contributed by atoms with Crippen molar-refractivity contribution in [3.05, 3.63) is 59.7 Å². The first kappa shape index (κ1) is 43.5. The molecule has 0 aliphatic carbocycles.